The Bertz CT molecular complexity index is 843. The zero-order chi connectivity index (χ0) is 16.8. The van der Waals surface area contributed by atoms with Crippen molar-refractivity contribution in [1.29, 1.82) is 0 Å². The van der Waals surface area contributed by atoms with Crippen LogP contribution in [0.15, 0.2) is 60.8 Å². The van der Waals surface area contributed by atoms with Gasteiger partial charge in [-0.05, 0) is 24.4 Å². The molecule has 24 heavy (non-hydrogen) atoms. The first kappa shape index (κ1) is 15.8. The van der Waals surface area contributed by atoms with Crippen LogP contribution in [0.3, 0.4) is 0 Å². The van der Waals surface area contributed by atoms with E-state index in [2.05, 4.69) is 15.6 Å². The fraction of sp³-hybridized carbons (Fsp3) is 0.158. The second kappa shape index (κ2) is 7.46. The molecule has 0 aliphatic rings. The number of anilines is 1. The number of carbonyl (C=O) groups excluding carboxylic acids is 1. The zero-order valence-corrected chi connectivity index (χ0v) is 13.5. The highest BCUT2D eigenvalue weighted by Gasteiger charge is 2.08. The summed E-state index contributed by atoms with van der Waals surface area (Å²) in [5, 5.41) is 7.83. The van der Waals surface area contributed by atoms with Gasteiger partial charge >= 0.3 is 6.03 Å². The van der Waals surface area contributed by atoms with Gasteiger partial charge in [0.05, 0.1) is 12.3 Å². The molecule has 3 rings (SSSR count). The molecule has 2 N–H and O–H groups in total. The van der Waals surface area contributed by atoms with Crippen LogP contribution in [0.5, 0.6) is 5.88 Å². The minimum absolute atomic E-state index is 0.266. The monoisotopic (exact) mass is 321 g/mol. The van der Waals surface area contributed by atoms with E-state index in [1.807, 2.05) is 61.5 Å². The molecule has 0 fully saturated rings. The Kier molecular flexibility index (Phi) is 4.91. The minimum Gasteiger partial charge on any atom is -0.478 e. The summed E-state index contributed by atoms with van der Waals surface area (Å²) < 4.78 is 5.46. The first-order valence-corrected chi connectivity index (χ1v) is 7.87. The summed E-state index contributed by atoms with van der Waals surface area (Å²) in [4.78, 5) is 16.4. The van der Waals surface area contributed by atoms with E-state index in [1.165, 1.54) is 0 Å². The van der Waals surface area contributed by atoms with Gasteiger partial charge in [-0.2, -0.15) is 0 Å². The molecular formula is C19H19N3O2. The quantitative estimate of drug-likeness (QED) is 0.748. The van der Waals surface area contributed by atoms with Crippen molar-refractivity contribution >= 4 is 22.5 Å². The van der Waals surface area contributed by atoms with Crippen LogP contribution >= 0.6 is 0 Å². The molecule has 0 saturated carbocycles. The van der Waals surface area contributed by atoms with Crippen LogP contribution < -0.4 is 15.4 Å². The lowest BCUT2D eigenvalue weighted by Gasteiger charge is -2.12. The Hall–Kier alpha value is -3.08. The van der Waals surface area contributed by atoms with E-state index in [-0.39, 0.29) is 6.03 Å². The molecule has 122 valence electrons. The van der Waals surface area contributed by atoms with Gasteiger partial charge in [0.15, 0.2) is 0 Å². The zero-order valence-electron chi connectivity index (χ0n) is 13.5. The molecule has 0 radical (unpaired) electrons. The summed E-state index contributed by atoms with van der Waals surface area (Å²) in [6.45, 7) is 2.78. The normalized spacial score (nSPS) is 10.4. The third-order valence-corrected chi connectivity index (χ3v) is 3.61. The van der Waals surface area contributed by atoms with Crippen LogP contribution in [0.25, 0.3) is 10.8 Å². The number of rotatable bonds is 5. The number of hydrogen-bond acceptors (Lipinski definition) is 3. The molecule has 2 aromatic carbocycles. The van der Waals surface area contributed by atoms with Gasteiger partial charge in [0.2, 0.25) is 5.88 Å². The van der Waals surface area contributed by atoms with Crippen LogP contribution in [-0.2, 0) is 6.54 Å². The number of amides is 2. The molecule has 2 amide bonds. The van der Waals surface area contributed by atoms with Gasteiger partial charge in [0, 0.05) is 23.7 Å². The maximum absolute atomic E-state index is 12.2. The number of carbonyl (C=O) groups is 1. The fourth-order valence-electron chi connectivity index (χ4n) is 2.50. The summed E-state index contributed by atoms with van der Waals surface area (Å²) in [5.41, 5.74) is 1.62. The molecule has 0 aliphatic carbocycles. The van der Waals surface area contributed by atoms with Crippen molar-refractivity contribution in [2.45, 2.75) is 13.5 Å². The third-order valence-electron chi connectivity index (χ3n) is 3.61. The lowest BCUT2D eigenvalue weighted by Crippen LogP contribution is -2.28. The van der Waals surface area contributed by atoms with E-state index >= 15 is 0 Å². The predicted molar refractivity (Wildman–Crippen MR) is 95.2 cm³/mol. The van der Waals surface area contributed by atoms with Gasteiger partial charge in [0.1, 0.15) is 0 Å². The molecule has 0 atom stereocenters. The maximum Gasteiger partial charge on any atom is 0.319 e. The van der Waals surface area contributed by atoms with Crippen molar-refractivity contribution in [3.63, 3.8) is 0 Å². The number of nitrogens with zero attached hydrogens (tertiary/aromatic N) is 1. The summed E-state index contributed by atoms with van der Waals surface area (Å²) in [6.07, 6.45) is 1.67. The van der Waals surface area contributed by atoms with Crippen LogP contribution in [0.2, 0.25) is 0 Å². The minimum atomic E-state index is -0.266. The number of aromatic nitrogens is 1. The Morgan fingerprint density at radius 2 is 1.92 bits per heavy atom. The van der Waals surface area contributed by atoms with Gasteiger partial charge in [0.25, 0.3) is 0 Å². The average Bonchev–Trinajstić information content (AvgIpc) is 2.62. The van der Waals surface area contributed by atoms with Gasteiger partial charge in [-0.25, -0.2) is 9.78 Å². The number of pyridine rings is 1. The number of nitrogens with one attached hydrogen (secondary N) is 2. The van der Waals surface area contributed by atoms with E-state index in [0.29, 0.717) is 19.0 Å². The van der Waals surface area contributed by atoms with Crippen LogP contribution in [0, 0.1) is 0 Å². The highest BCUT2D eigenvalue weighted by atomic mass is 16.5. The highest BCUT2D eigenvalue weighted by Crippen LogP contribution is 2.22. The van der Waals surface area contributed by atoms with E-state index in [1.54, 1.807) is 6.20 Å². The molecule has 1 heterocycles. The molecule has 0 saturated heterocycles. The fourth-order valence-corrected chi connectivity index (χ4v) is 2.50. The van der Waals surface area contributed by atoms with Crippen molar-refractivity contribution in [1.82, 2.24) is 10.3 Å². The largest absolute Gasteiger partial charge is 0.478 e. The molecule has 1 aromatic heterocycles. The van der Waals surface area contributed by atoms with E-state index in [4.69, 9.17) is 4.74 Å². The molecular weight excluding hydrogens is 302 g/mol. The van der Waals surface area contributed by atoms with E-state index in [9.17, 15) is 4.79 Å². The highest BCUT2D eigenvalue weighted by molar-refractivity contribution is 6.01. The Labute approximate surface area is 140 Å². The smallest absolute Gasteiger partial charge is 0.319 e. The molecule has 0 bridgehead atoms. The molecule has 0 aliphatic heterocycles. The SMILES string of the molecule is CCOc1ncccc1CNC(=O)Nc1cccc2ccccc12. The third kappa shape index (κ3) is 3.63. The summed E-state index contributed by atoms with van der Waals surface area (Å²) in [5.74, 6) is 0.547. The van der Waals surface area contributed by atoms with E-state index < -0.39 is 0 Å². The van der Waals surface area contributed by atoms with Crippen molar-refractivity contribution < 1.29 is 9.53 Å². The topological polar surface area (TPSA) is 63.2 Å². The number of benzene rings is 2. The first-order valence-electron chi connectivity index (χ1n) is 7.87. The summed E-state index contributed by atoms with van der Waals surface area (Å²) >= 11 is 0. The molecule has 5 nitrogen and oxygen atoms in total. The molecule has 0 spiro atoms. The Morgan fingerprint density at radius 3 is 2.79 bits per heavy atom. The number of hydrogen-bond donors (Lipinski definition) is 2. The summed E-state index contributed by atoms with van der Waals surface area (Å²) in [6, 6.07) is 17.2. The molecule has 3 aromatic rings. The van der Waals surface area contributed by atoms with Crippen LogP contribution in [-0.4, -0.2) is 17.6 Å². The second-order valence-corrected chi connectivity index (χ2v) is 5.24. The number of ether oxygens (including phenoxy) is 1. The standard InChI is InChI=1S/C19H19N3O2/c1-2-24-18-15(9-6-12-20-18)13-21-19(23)22-17-11-5-8-14-7-3-4-10-16(14)17/h3-12H,2,13H2,1H3,(H2,21,22,23). The van der Waals surface area contributed by atoms with Crippen molar-refractivity contribution in [3.05, 3.63) is 66.4 Å². The second-order valence-electron chi connectivity index (χ2n) is 5.24. The van der Waals surface area contributed by atoms with Crippen molar-refractivity contribution in [2.75, 3.05) is 11.9 Å². The van der Waals surface area contributed by atoms with E-state index in [0.717, 1.165) is 22.0 Å². The first-order chi connectivity index (χ1) is 11.8. The Balaban J connectivity index is 1.68. The van der Waals surface area contributed by atoms with Gasteiger partial charge in [-0.3, -0.25) is 0 Å². The molecule has 0 unspecified atom stereocenters. The van der Waals surface area contributed by atoms with Crippen LogP contribution in [0.4, 0.5) is 10.5 Å². The lowest BCUT2D eigenvalue weighted by molar-refractivity contribution is 0.251. The lowest BCUT2D eigenvalue weighted by atomic mass is 10.1. The number of fused-ring (bicyclic) bond motifs is 1. The Morgan fingerprint density at radius 1 is 1.08 bits per heavy atom. The number of urea groups is 1. The van der Waals surface area contributed by atoms with Crippen molar-refractivity contribution in [3.8, 4) is 5.88 Å². The molecule has 5 heteroatoms. The maximum atomic E-state index is 12.2. The van der Waals surface area contributed by atoms with Gasteiger partial charge < -0.3 is 15.4 Å². The van der Waals surface area contributed by atoms with Crippen molar-refractivity contribution in [2.24, 2.45) is 0 Å². The predicted octanol–water partition coefficient (Wildman–Crippen LogP) is 3.96. The summed E-state index contributed by atoms with van der Waals surface area (Å²) in [7, 11) is 0. The average molecular weight is 321 g/mol. The van der Waals surface area contributed by atoms with Crippen LogP contribution in [0.1, 0.15) is 12.5 Å². The van der Waals surface area contributed by atoms with Gasteiger partial charge in [-0.15, -0.1) is 0 Å². The van der Waals surface area contributed by atoms with Gasteiger partial charge in [-0.1, -0.05) is 42.5 Å².